The maximum absolute atomic E-state index is 13.5. The first-order valence-corrected chi connectivity index (χ1v) is 8.07. The summed E-state index contributed by atoms with van der Waals surface area (Å²) in [5.74, 6) is -0.228. The topological polar surface area (TPSA) is 12.0 Å². The fourth-order valence-corrected chi connectivity index (χ4v) is 2.86. The van der Waals surface area contributed by atoms with E-state index >= 15 is 0 Å². The summed E-state index contributed by atoms with van der Waals surface area (Å²) in [5.41, 5.74) is 4.81. The molecule has 0 spiro atoms. The van der Waals surface area contributed by atoms with Crippen LogP contribution in [0.3, 0.4) is 0 Å². The molecular formula is C18H21BrFN. The Morgan fingerprint density at radius 3 is 2.57 bits per heavy atom. The van der Waals surface area contributed by atoms with Gasteiger partial charge in [-0.15, -0.1) is 0 Å². The maximum atomic E-state index is 13.5. The first kappa shape index (κ1) is 16.2. The van der Waals surface area contributed by atoms with Crippen molar-refractivity contribution < 1.29 is 4.39 Å². The molecule has 1 unspecified atom stereocenters. The Kier molecular flexibility index (Phi) is 5.54. The molecular weight excluding hydrogens is 329 g/mol. The summed E-state index contributed by atoms with van der Waals surface area (Å²) in [6, 6.07) is 11.8. The summed E-state index contributed by atoms with van der Waals surface area (Å²) >= 11 is 3.29. The van der Waals surface area contributed by atoms with Crippen LogP contribution in [0.1, 0.15) is 41.6 Å². The molecule has 0 amide bonds. The lowest BCUT2D eigenvalue weighted by Crippen LogP contribution is -2.24. The van der Waals surface area contributed by atoms with Crippen LogP contribution in [-0.2, 0) is 0 Å². The summed E-state index contributed by atoms with van der Waals surface area (Å²) in [5, 5.41) is 3.57. The van der Waals surface area contributed by atoms with Crippen molar-refractivity contribution in [3.63, 3.8) is 0 Å². The Bertz CT molecular complexity index is 625. The lowest BCUT2D eigenvalue weighted by atomic mass is 9.93. The van der Waals surface area contributed by atoms with Crippen LogP contribution in [0.5, 0.6) is 0 Å². The van der Waals surface area contributed by atoms with Gasteiger partial charge in [0, 0.05) is 0 Å². The van der Waals surface area contributed by atoms with Crippen molar-refractivity contribution in [2.45, 2.75) is 33.2 Å². The highest BCUT2D eigenvalue weighted by Crippen LogP contribution is 2.28. The molecule has 1 N–H and O–H groups in total. The van der Waals surface area contributed by atoms with E-state index in [0.29, 0.717) is 4.47 Å². The van der Waals surface area contributed by atoms with Gasteiger partial charge in [0.2, 0.25) is 0 Å². The minimum atomic E-state index is -0.228. The van der Waals surface area contributed by atoms with Gasteiger partial charge in [-0.25, -0.2) is 4.39 Å². The third-order valence-corrected chi connectivity index (χ3v) is 4.23. The number of hydrogen-bond acceptors (Lipinski definition) is 1. The van der Waals surface area contributed by atoms with Crippen LogP contribution in [0.25, 0.3) is 0 Å². The van der Waals surface area contributed by atoms with Gasteiger partial charge in [0.1, 0.15) is 5.82 Å². The second-order valence-electron chi connectivity index (χ2n) is 5.42. The van der Waals surface area contributed by atoms with Gasteiger partial charge in [-0.3, -0.25) is 0 Å². The quantitative estimate of drug-likeness (QED) is 0.772. The Hall–Kier alpha value is -1.19. The molecule has 0 aliphatic rings. The van der Waals surface area contributed by atoms with E-state index in [1.807, 2.05) is 12.1 Å². The fourth-order valence-electron chi connectivity index (χ4n) is 2.46. The van der Waals surface area contributed by atoms with E-state index in [-0.39, 0.29) is 11.9 Å². The van der Waals surface area contributed by atoms with Gasteiger partial charge >= 0.3 is 0 Å². The molecule has 0 aliphatic carbocycles. The number of aryl methyl sites for hydroxylation is 2. The van der Waals surface area contributed by atoms with Crippen molar-refractivity contribution in [3.05, 3.63) is 68.9 Å². The zero-order valence-electron chi connectivity index (χ0n) is 12.7. The molecule has 2 rings (SSSR count). The molecule has 21 heavy (non-hydrogen) atoms. The van der Waals surface area contributed by atoms with E-state index in [1.165, 1.54) is 22.8 Å². The van der Waals surface area contributed by atoms with Gasteiger partial charge in [0.25, 0.3) is 0 Å². The average molecular weight is 350 g/mol. The van der Waals surface area contributed by atoms with Crippen molar-refractivity contribution in [3.8, 4) is 0 Å². The van der Waals surface area contributed by atoms with Gasteiger partial charge in [-0.2, -0.15) is 0 Å². The molecule has 0 radical (unpaired) electrons. The Labute approximate surface area is 134 Å². The molecule has 2 aromatic carbocycles. The van der Waals surface area contributed by atoms with Crippen LogP contribution in [0.2, 0.25) is 0 Å². The molecule has 0 heterocycles. The molecule has 1 atom stereocenters. The van der Waals surface area contributed by atoms with E-state index < -0.39 is 0 Å². The van der Waals surface area contributed by atoms with Gasteiger partial charge in [-0.05, 0) is 71.6 Å². The standard InChI is InChI=1S/C18H21BrFN/c1-4-9-21-18(14-7-8-17(20)16(19)11-14)15-10-12(2)5-6-13(15)3/h5-8,10-11,18,21H,4,9H2,1-3H3. The minimum absolute atomic E-state index is 0.0850. The predicted octanol–water partition coefficient (Wildman–Crippen LogP) is 5.29. The van der Waals surface area contributed by atoms with E-state index in [1.54, 1.807) is 0 Å². The molecule has 0 saturated heterocycles. The summed E-state index contributed by atoms with van der Waals surface area (Å²) in [7, 11) is 0. The molecule has 0 aromatic heterocycles. The molecule has 0 fully saturated rings. The zero-order chi connectivity index (χ0) is 15.4. The third-order valence-electron chi connectivity index (χ3n) is 3.62. The van der Waals surface area contributed by atoms with Crippen molar-refractivity contribution in [1.82, 2.24) is 5.32 Å². The second kappa shape index (κ2) is 7.19. The monoisotopic (exact) mass is 349 g/mol. The number of rotatable bonds is 5. The summed E-state index contributed by atoms with van der Waals surface area (Å²) < 4.78 is 14.0. The first-order chi connectivity index (χ1) is 10.0. The van der Waals surface area contributed by atoms with Crippen molar-refractivity contribution >= 4 is 15.9 Å². The second-order valence-corrected chi connectivity index (χ2v) is 6.28. The van der Waals surface area contributed by atoms with Crippen molar-refractivity contribution in [2.24, 2.45) is 0 Å². The SMILES string of the molecule is CCCNC(c1ccc(F)c(Br)c1)c1cc(C)ccc1C. The largest absolute Gasteiger partial charge is 0.306 e. The Morgan fingerprint density at radius 2 is 1.90 bits per heavy atom. The van der Waals surface area contributed by atoms with Gasteiger partial charge in [0.15, 0.2) is 0 Å². The molecule has 0 aliphatic heterocycles. The van der Waals surface area contributed by atoms with Gasteiger partial charge < -0.3 is 5.32 Å². The van der Waals surface area contributed by atoms with Crippen LogP contribution in [0.4, 0.5) is 4.39 Å². The summed E-state index contributed by atoms with van der Waals surface area (Å²) in [6.45, 7) is 7.29. The van der Waals surface area contributed by atoms with E-state index in [0.717, 1.165) is 18.5 Å². The highest BCUT2D eigenvalue weighted by Gasteiger charge is 2.17. The van der Waals surface area contributed by atoms with Crippen LogP contribution in [-0.4, -0.2) is 6.54 Å². The molecule has 2 aromatic rings. The molecule has 3 heteroatoms. The minimum Gasteiger partial charge on any atom is -0.306 e. The van der Waals surface area contributed by atoms with Crippen LogP contribution < -0.4 is 5.32 Å². The molecule has 1 nitrogen and oxygen atoms in total. The first-order valence-electron chi connectivity index (χ1n) is 7.28. The maximum Gasteiger partial charge on any atom is 0.137 e. The van der Waals surface area contributed by atoms with Crippen LogP contribution in [0, 0.1) is 19.7 Å². The van der Waals surface area contributed by atoms with E-state index in [9.17, 15) is 4.39 Å². The van der Waals surface area contributed by atoms with Crippen LogP contribution in [0.15, 0.2) is 40.9 Å². The summed E-state index contributed by atoms with van der Waals surface area (Å²) in [4.78, 5) is 0. The number of hydrogen-bond donors (Lipinski definition) is 1. The smallest absolute Gasteiger partial charge is 0.137 e. The highest BCUT2D eigenvalue weighted by atomic mass is 79.9. The molecule has 112 valence electrons. The Balaban J connectivity index is 2.46. The van der Waals surface area contributed by atoms with Crippen molar-refractivity contribution in [2.75, 3.05) is 6.54 Å². The summed E-state index contributed by atoms with van der Waals surface area (Å²) in [6.07, 6.45) is 1.06. The average Bonchev–Trinajstić information content (AvgIpc) is 2.46. The van der Waals surface area contributed by atoms with Gasteiger partial charge in [-0.1, -0.05) is 36.8 Å². The van der Waals surface area contributed by atoms with E-state index in [4.69, 9.17) is 0 Å². The highest BCUT2D eigenvalue weighted by molar-refractivity contribution is 9.10. The van der Waals surface area contributed by atoms with Crippen LogP contribution >= 0.6 is 15.9 Å². The zero-order valence-corrected chi connectivity index (χ0v) is 14.3. The molecule has 0 saturated carbocycles. The number of nitrogens with one attached hydrogen (secondary N) is 1. The third kappa shape index (κ3) is 3.92. The number of halogens is 2. The van der Waals surface area contributed by atoms with Gasteiger partial charge in [0.05, 0.1) is 10.5 Å². The lowest BCUT2D eigenvalue weighted by Gasteiger charge is -2.22. The Morgan fingerprint density at radius 1 is 1.14 bits per heavy atom. The van der Waals surface area contributed by atoms with Crippen molar-refractivity contribution in [1.29, 1.82) is 0 Å². The fraction of sp³-hybridized carbons (Fsp3) is 0.333. The molecule has 0 bridgehead atoms. The lowest BCUT2D eigenvalue weighted by molar-refractivity contribution is 0.589. The van der Waals surface area contributed by atoms with E-state index in [2.05, 4.69) is 60.2 Å². The normalized spacial score (nSPS) is 12.4. The number of benzene rings is 2. The predicted molar refractivity (Wildman–Crippen MR) is 90.2 cm³/mol.